The number of thiazole rings is 1. The highest BCUT2D eigenvalue weighted by Gasteiger charge is 2.18. The van der Waals surface area contributed by atoms with Gasteiger partial charge in [-0.1, -0.05) is 6.07 Å². The zero-order chi connectivity index (χ0) is 20.3. The standard InChI is InChI=1S/C21H19N7OS/c29-20(28-9-7-22-8-10-28)15-2-4-19(24-12-15)27-21-23-6-5-16(26-21)14-1-3-18-17(11-14)25-13-30-18/h1-6,11-13,22H,7-10H2,(H,23,24,26,27). The minimum Gasteiger partial charge on any atom is -0.336 e. The third-order valence-electron chi connectivity index (χ3n) is 4.94. The summed E-state index contributed by atoms with van der Waals surface area (Å²) in [4.78, 5) is 32.0. The Labute approximate surface area is 177 Å². The van der Waals surface area contributed by atoms with Gasteiger partial charge in [0, 0.05) is 44.1 Å². The molecule has 0 spiro atoms. The van der Waals surface area contributed by atoms with Crippen LogP contribution in [0.4, 0.5) is 11.8 Å². The van der Waals surface area contributed by atoms with Crippen LogP contribution < -0.4 is 10.6 Å². The highest BCUT2D eigenvalue weighted by atomic mass is 32.1. The van der Waals surface area contributed by atoms with Crippen LogP contribution >= 0.6 is 11.3 Å². The minimum absolute atomic E-state index is 0.00577. The number of hydrogen-bond acceptors (Lipinski definition) is 8. The van der Waals surface area contributed by atoms with Gasteiger partial charge in [0.2, 0.25) is 5.95 Å². The Kier molecular flexibility index (Phi) is 5.04. The molecule has 0 radical (unpaired) electrons. The fourth-order valence-electron chi connectivity index (χ4n) is 3.36. The monoisotopic (exact) mass is 417 g/mol. The molecule has 0 bridgehead atoms. The van der Waals surface area contributed by atoms with Gasteiger partial charge in [-0.05, 0) is 30.3 Å². The molecule has 0 saturated carbocycles. The van der Waals surface area contributed by atoms with Crippen LogP contribution in [0.5, 0.6) is 0 Å². The maximum Gasteiger partial charge on any atom is 0.255 e. The van der Waals surface area contributed by atoms with Crippen LogP contribution in [0.15, 0.2) is 54.3 Å². The topological polar surface area (TPSA) is 95.9 Å². The van der Waals surface area contributed by atoms with Gasteiger partial charge in [-0.15, -0.1) is 11.3 Å². The summed E-state index contributed by atoms with van der Waals surface area (Å²) in [6, 6.07) is 11.5. The largest absolute Gasteiger partial charge is 0.336 e. The van der Waals surface area contributed by atoms with Gasteiger partial charge >= 0.3 is 0 Å². The van der Waals surface area contributed by atoms with E-state index < -0.39 is 0 Å². The number of carbonyl (C=O) groups excluding carboxylic acids is 1. The van der Waals surface area contributed by atoms with Gasteiger partial charge in [-0.3, -0.25) is 4.79 Å². The lowest BCUT2D eigenvalue weighted by Gasteiger charge is -2.27. The fourth-order valence-corrected chi connectivity index (χ4v) is 4.02. The first-order valence-corrected chi connectivity index (χ1v) is 10.5. The zero-order valence-electron chi connectivity index (χ0n) is 16.1. The third kappa shape index (κ3) is 3.85. The molecule has 0 unspecified atom stereocenters. The first-order valence-electron chi connectivity index (χ1n) is 9.66. The summed E-state index contributed by atoms with van der Waals surface area (Å²) < 4.78 is 1.14. The van der Waals surface area contributed by atoms with Crippen molar-refractivity contribution < 1.29 is 4.79 Å². The van der Waals surface area contributed by atoms with Gasteiger partial charge < -0.3 is 15.5 Å². The highest BCUT2D eigenvalue weighted by molar-refractivity contribution is 7.16. The molecule has 0 atom stereocenters. The molecule has 5 rings (SSSR count). The van der Waals surface area contributed by atoms with E-state index in [-0.39, 0.29) is 5.91 Å². The number of aromatic nitrogens is 4. The number of amides is 1. The lowest BCUT2D eigenvalue weighted by molar-refractivity contribution is 0.0735. The fraction of sp³-hybridized carbons (Fsp3) is 0.190. The summed E-state index contributed by atoms with van der Waals surface area (Å²) in [5.41, 5.74) is 5.14. The van der Waals surface area contributed by atoms with Crippen LogP contribution in [0.3, 0.4) is 0 Å². The van der Waals surface area contributed by atoms with E-state index >= 15 is 0 Å². The van der Waals surface area contributed by atoms with Crippen molar-refractivity contribution >= 4 is 39.2 Å². The second kappa shape index (κ2) is 8.13. The zero-order valence-corrected chi connectivity index (χ0v) is 16.9. The molecule has 9 heteroatoms. The number of anilines is 2. The van der Waals surface area contributed by atoms with Gasteiger partial charge in [0.05, 0.1) is 27.0 Å². The number of carbonyl (C=O) groups is 1. The second-order valence-corrected chi connectivity index (χ2v) is 7.79. The predicted octanol–water partition coefficient (Wildman–Crippen LogP) is 2.94. The second-order valence-electron chi connectivity index (χ2n) is 6.90. The molecule has 4 heterocycles. The van der Waals surface area contributed by atoms with Crippen LogP contribution in [-0.2, 0) is 0 Å². The Morgan fingerprint density at radius 2 is 1.97 bits per heavy atom. The van der Waals surface area contributed by atoms with E-state index in [1.165, 1.54) is 0 Å². The number of nitrogens with zero attached hydrogens (tertiary/aromatic N) is 5. The van der Waals surface area contributed by atoms with Crippen LogP contribution in [0.2, 0.25) is 0 Å². The molecule has 150 valence electrons. The third-order valence-corrected chi connectivity index (χ3v) is 5.75. The number of rotatable bonds is 4. The predicted molar refractivity (Wildman–Crippen MR) is 117 cm³/mol. The summed E-state index contributed by atoms with van der Waals surface area (Å²) in [7, 11) is 0. The summed E-state index contributed by atoms with van der Waals surface area (Å²) in [5.74, 6) is 1.03. The molecule has 1 saturated heterocycles. The molecule has 4 aromatic rings. The molecule has 2 N–H and O–H groups in total. The quantitative estimate of drug-likeness (QED) is 0.527. The number of nitrogens with one attached hydrogen (secondary N) is 2. The Morgan fingerprint density at radius 3 is 2.80 bits per heavy atom. The van der Waals surface area contributed by atoms with Crippen molar-refractivity contribution in [3.8, 4) is 11.3 Å². The van der Waals surface area contributed by atoms with Crippen molar-refractivity contribution in [2.24, 2.45) is 0 Å². The number of fused-ring (bicyclic) bond motifs is 1. The SMILES string of the molecule is O=C(c1ccc(Nc2nccc(-c3ccc4scnc4c3)n2)nc1)N1CCNCC1. The van der Waals surface area contributed by atoms with Crippen molar-refractivity contribution in [1.82, 2.24) is 30.2 Å². The smallest absolute Gasteiger partial charge is 0.255 e. The van der Waals surface area contributed by atoms with Crippen LogP contribution in [0.1, 0.15) is 10.4 Å². The Morgan fingerprint density at radius 1 is 1.07 bits per heavy atom. The molecule has 3 aromatic heterocycles. The van der Waals surface area contributed by atoms with Crippen molar-refractivity contribution in [3.63, 3.8) is 0 Å². The molecule has 1 amide bonds. The van der Waals surface area contributed by atoms with E-state index in [1.807, 2.05) is 34.7 Å². The molecule has 1 aromatic carbocycles. The molecular formula is C21H19N7OS. The summed E-state index contributed by atoms with van der Waals surface area (Å²) >= 11 is 1.61. The maximum atomic E-state index is 12.6. The number of hydrogen-bond donors (Lipinski definition) is 2. The number of pyridine rings is 1. The highest BCUT2D eigenvalue weighted by Crippen LogP contribution is 2.25. The minimum atomic E-state index is 0.00577. The average molecular weight is 417 g/mol. The Bertz CT molecular complexity index is 1190. The number of benzene rings is 1. The van der Waals surface area contributed by atoms with E-state index in [0.717, 1.165) is 34.6 Å². The van der Waals surface area contributed by atoms with Gasteiger partial charge in [0.1, 0.15) is 5.82 Å². The van der Waals surface area contributed by atoms with E-state index in [0.29, 0.717) is 30.4 Å². The lowest BCUT2D eigenvalue weighted by Crippen LogP contribution is -2.46. The van der Waals surface area contributed by atoms with Crippen molar-refractivity contribution in [1.29, 1.82) is 0 Å². The lowest BCUT2D eigenvalue weighted by atomic mass is 10.1. The van der Waals surface area contributed by atoms with E-state index in [4.69, 9.17) is 0 Å². The molecule has 8 nitrogen and oxygen atoms in total. The van der Waals surface area contributed by atoms with E-state index in [9.17, 15) is 4.79 Å². The first-order chi connectivity index (χ1) is 14.8. The van der Waals surface area contributed by atoms with Crippen molar-refractivity contribution in [3.05, 3.63) is 59.9 Å². The van der Waals surface area contributed by atoms with Gasteiger partial charge in [-0.2, -0.15) is 0 Å². The van der Waals surface area contributed by atoms with Gasteiger partial charge in [0.25, 0.3) is 5.91 Å². The summed E-state index contributed by atoms with van der Waals surface area (Å²) in [5, 5.41) is 6.35. The van der Waals surface area contributed by atoms with E-state index in [1.54, 1.807) is 35.9 Å². The Hall–Kier alpha value is -3.43. The normalized spacial score (nSPS) is 14.1. The van der Waals surface area contributed by atoms with Crippen LogP contribution in [-0.4, -0.2) is 56.9 Å². The van der Waals surface area contributed by atoms with E-state index in [2.05, 4.69) is 30.6 Å². The average Bonchev–Trinajstić information content (AvgIpc) is 3.28. The van der Waals surface area contributed by atoms with Gasteiger partial charge in [0.15, 0.2) is 0 Å². The van der Waals surface area contributed by atoms with Gasteiger partial charge in [-0.25, -0.2) is 19.9 Å². The van der Waals surface area contributed by atoms with Crippen molar-refractivity contribution in [2.45, 2.75) is 0 Å². The summed E-state index contributed by atoms with van der Waals surface area (Å²) in [6.07, 6.45) is 3.30. The molecule has 30 heavy (non-hydrogen) atoms. The Balaban J connectivity index is 1.32. The summed E-state index contributed by atoms with van der Waals surface area (Å²) in [6.45, 7) is 3.07. The van der Waals surface area contributed by atoms with Crippen LogP contribution in [0.25, 0.3) is 21.5 Å². The molecule has 1 aliphatic rings. The molecule has 1 fully saturated rings. The number of piperazine rings is 1. The first kappa shape index (κ1) is 18.6. The molecule has 1 aliphatic heterocycles. The van der Waals surface area contributed by atoms with Crippen LogP contribution in [0, 0.1) is 0 Å². The molecule has 0 aliphatic carbocycles. The maximum absolute atomic E-state index is 12.6. The van der Waals surface area contributed by atoms with Crippen molar-refractivity contribution in [2.75, 3.05) is 31.5 Å². The molecular weight excluding hydrogens is 398 g/mol.